The van der Waals surface area contributed by atoms with Crippen molar-refractivity contribution in [3.63, 3.8) is 0 Å². The number of hydrogen-bond donors (Lipinski definition) is 1. The van der Waals surface area contributed by atoms with Gasteiger partial charge in [0.1, 0.15) is 12.4 Å². The van der Waals surface area contributed by atoms with E-state index in [4.69, 9.17) is 4.74 Å². The minimum atomic E-state index is -0.442. The van der Waals surface area contributed by atoms with E-state index in [9.17, 15) is 5.11 Å². The van der Waals surface area contributed by atoms with Crippen molar-refractivity contribution in [3.8, 4) is 5.75 Å². The van der Waals surface area contributed by atoms with E-state index in [1.54, 1.807) is 18.3 Å². The van der Waals surface area contributed by atoms with Crippen LogP contribution >= 0.6 is 11.3 Å². The fraction of sp³-hybridized carbons (Fsp3) is 0.500. The number of unbranched alkanes of at least 4 members (excludes halogenated alkanes) is 1. The lowest BCUT2D eigenvalue weighted by Crippen LogP contribution is -2.12. The van der Waals surface area contributed by atoms with Crippen LogP contribution in [0.1, 0.15) is 31.7 Å². The smallest absolute Gasteiger partial charge is 0.121 e. The molecule has 18 heavy (non-hydrogen) atoms. The van der Waals surface area contributed by atoms with E-state index in [0.29, 0.717) is 6.61 Å². The Morgan fingerprint density at radius 3 is 3.00 bits per heavy atom. The zero-order valence-corrected chi connectivity index (χ0v) is 11.7. The molecular formula is C14H19NO2S. The van der Waals surface area contributed by atoms with Crippen molar-refractivity contribution in [1.29, 1.82) is 0 Å². The van der Waals surface area contributed by atoms with Gasteiger partial charge in [0, 0.05) is 0 Å². The predicted octanol–water partition coefficient (Wildman–Crippen LogP) is 3.40. The van der Waals surface area contributed by atoms with Crippen LogP contribution in [0.15, 0.2) is 18.2 Å². The molecule has 98 valence electrons. The molecule has 0 aliphatic carbocycles. The predicted molar refractivity (Wildman–Crippen MR) is 75.4 cm³/mol. The van der Waals surface area contributed by atoms with Crippen molar-refractivity contribution in [3.05, 3.63) is 23.2 Å². The minimum Gasteiger partial charge on any atom is -0.491 e. The van der Waals surface area contributed by atoms with Gasteiger partial charge in [-0.25, -0.2) is 4.98 Å². The number of fused-ring (bicyclic) bond motifs is 1. The number of aromatic nitrogens is 1. The van der Waals surface area contributed by atoms with E-state index in [2.05, 4.69) is 11.9 Å². The van der Waals surface area contributed by atoms with Crippen LogP contribution in [0.3, 0.4) is 0 Å². The van der Waals surface area contributed by atoms with E-state index in [-0.39, 0.29) is 0 Å². The highest BCUT2D eigenvalue weighted by Gasteiger charge is 2.05. The molecule has 2 aromatic rings. The molecule has 1 aromatic carbocycles. The van der Waals surface area contributed by atoms with Gasteiger partial charge in [0.2, 0.25) is 0 Å². The van der Waals surface area contributed by atoms with Gasteiger partial charge in [-0.05, 0) is 38.0 Å². The molecule has 0 saturated heterocycles. The van der Waals surface area contributed by atoms with Gasteiger partial charge >= 0.3 is 0 Å². The standard InChI is InChI=1S/C14H19NO2S/c1-3-4-5-14-15-12-7-6-11(8-13(12)18-14)17-9-10(2)16/h6-8,10,16H,3-5,9H2,1-2H3. The molecule has 0 aliphatic rings. The Bertz CT molecular complexity index is 507. The Kier molecular flexibility index (Phi) is 4.55. The van der Waals surface area contributed by atoms with Crippen molar-refractivity contribution in [2.75, 3.05) is 6.61 Å². The van der Waals surface area contributed by atoms with E-state index >= 15 is 0 Å². The number of ether oxygens (including phenoxy) is 1. The number of aryl methyl sites for hydroxylation is 1. The third-order valence-corrected chi connectivity index (χ3v) is 3.72. The van der Waals surface area contributed by atoms with Crippen molar-refractivity contribution in [1.82, 2.24) is 4.98 Å². The van der Waals surface area contributed by atoms with E-state index in [0.717, 1.165) is 22.4 Å². The molecule has 1 heterocycles. The lowest BCUT2D eigenvalue weighted by atomic mass is 10.2. The first kappa shape index (κ1) is 13.3. The van der Waals surface area contributed by atoms with E-state index < -0.39 is 6.10 Å². The molecular weight excluding hydrogens is 246 g/mol. The Balaban J connectivity index is 2.12. The highest BCUT2D eigenvalue weighted by atomic mass is 32.1. The highest BCUT2D eigenvalue weighted by Crippen LogP contribution is 2.27. The second-order valence-electron chi connectivity index (χ2n) is 4.50. The van der Waals surface area contributed by atoms with Gasteiger partial charge in [-0.15, -0.1) is 11.3 Å². The van der Waals surface area contributed by atoms with Crippen LogP contribution in [0.2, 0.25) is 0 Å². The Hall–Kier alpha value is -1.13. The van der Waals surface area contributed by atoms with Crippen molar-refractivity contribution >= 4 is 21.6 Å². The van der Waals surface area contributed by atoms with Crippen LogP contribution in [-0.2, 0) is 6.42 Å². The summed E-state index contributed by atoms with van der Waals surface area (Å²) in [6.07, 6.45) is 2.99. The summed E-state index contributed by atoms with van der Waals surface area (Å²) < 4.78 is 6.65. The molecule has 1 atom stereocenters. The summed E-state index contributed by atoms with van der Waals surface area (Å²) in [6, 6.07) is 5.90. The third-order valence-electron chi connectivity index (χ3n) is 2.64. The number of benzene rings is 1. The van der Waals surface area contributed by atoms with Crippen molar-refractivity contribution in [2.45, 2.75) is 39.2 Å². The maximum Gasteiger partial charge on any atom is 0.121 e. The summed E-state index contributed by atoms with van der Waals surface area (Å²) in [5, 5.41) is 10.4. The first-order chi connectivity index (χ1) is 8.69. The topological polar surface area (TPSA) is 42.4 Å². The summed E-state index contributed by atoms with van der Waals surface area (Å²) in [5.74, 6) is 0.800. The lowest BCUT2D eigenvalue weighted by molar-refractivity contribution is 0.123. The zero-order chi connectivity index (χ0) is 13.0. The van der Waals surface area contributed by atoms with E-state index in [1.807, 2.05) is 18.2 Å². The van der Waals surface area contributed by atoms with Crippen LogP contribution in [0.5, 0.6) is 5.75 Å². The molecule has 0 aliphatic heterocycles. The molecule has 0 bridgehead atoms. The molecule has 0 radical (unpaired) electrons. The number of aliphatic hydroxyl groups is 1. The maximum atomic E-state index is 9.19. The molecule has 0 spiro atoms. The molecule has 1 aromatic heterocycles. The fourth-order valence-corrected chi connectivity index (χ4v) is 2.73. The molecule has 1 unspecified atom stereocenters. The molecule has 4 heteroatoms. The SMILES string of the molecule is CCCCc1nc2ccc(OCC(C)O)cc2s1. The van der Waals surface area contributed by atoms with Gasteiger partial charge < -0.3 is 9.84 Å². The lowest BCUT2D eigenvalue weighted by Gasteiger charge is -2.07. The summed E-state index contributed by atoms with van der Waals surface area (Å²) in [4.78, 5) is 4.60. The molecule has 0 saturated carbocycles. The number of aliphatic hydroxyl groups excluding tert-OH is 1. The summed E-state index contributed by atoms with van der Waals surface area (Å²) in [7, 11) is 0. The third kappa shape index (κ3) is 3.43. The van der Waals surface area contributed by atoms with Gasteiger partial charge in [-0.1, -0.05) is 13.3 Å². The maximum absolute atomic E-state index is 9.19. The Labute approximate surface area is 111 Å². The van der Waals surface area contributed by atoms with Crippen molar-refractivity contribution in [2.24, 2.45) is 0 Å². The second-order valence-corrected chi connectivity index (χ2v) is 5.62. The molecule has 1 N–H and O–H groups in total. The average Bonchev–Trinajstić information content (AvgIpc) is 2.75. The summed E-state index contributed by atoms with van der Waals surface area (Å²) in [5.41, 5.74) is 1.04. The van der Waals surface area contributed by atoms with Crippen molar-refractivity contribution < 1.29 is 9.84 Å². The van der Waals surface area contributed by atoms with Gasteiger partial charge in [-0.3, -0.25) is 0 Å². The fourth-order valence-electron chi connectivity index (χ4n) is 1.69. The largest absolute Gasteiger partial charge is 0.491 e. The van der Waals surface area contributed by atoms with Crippen LogP contribution in [0, 0.1) is 0 Å². The Morgan fingerprint density at radius 1 is 1.44 bits per heavy atom. The average molecular weight is 265 g/mol. The van der Waals surface area contributed by atoms with E-state index in [1.165, 1.54) is 17.8 Å². The van der Waals surface area contributed by atoms with Crippen LogP contribution in [-0.4, -0.2) is 22.8 Å². The number of hydrogen-bond acceptors (Lipinski definition) is 4. The first-order valence-corrected chi connectivity index (χ1v) is 7.21. The molecule has 0 fully saturated rings. The van der Waals surface area contributed by atoms with Crippen LogP contribution in [0.4, 0.5) is 0 Å². The molecule has 0 amide bonds. The monoisotopic (exact) mass is 265 g/mol. The number of nitrogens with zero attached hydrogens (tertiary/aromatic N) is 1. The molecule has 2 rings (SSSR count). The quantitative estimate of drug-likeness (QED) is 0.870. The minimum absolute atomic E-state index is 0.326. The van der Waals surface area contributed by atoms with Crippen LogP contribution < -0.4 is 4.74 Å². The van der Waals surface area contributed by atoms with Gasteiger partial charge in [0.25, 0.3) is 0 Å². The zero-order valence-electron chi connectivity index (χ0n) is 10.8. The van der Waals surface area contributed by atoms with Gasteiger partial charge in [0.15, 0.2) is 0 Å². The van der Waals surface area contributed by atoms with Crippen LogP contribution in [0.25, 0.3) is 10.2 Å². The summed E-state index contributed by atoms with van der Waals surface area (Å²) in [6.45, 7) is 4.23. The van der Waals surface area contributed by atoms with Gasteiger partial charge in [0.05, 0.1) is 21.3 Å². The highest BCUT2D eigenvalue weighted by molar-refractivity contribution is 7.18. The first-order valence-electron chi connectivity index (χ1n) is 6.39. The summed E-state index contributed by atoms with van der Waals surface area (Å²) >= 11 is 1.73. The second kappa shape index (κ2) is 6.16. The molecule has 3 nitrogen and oxygen atoms in total. The van der Waals surface area contributed by atoms with Gasteiger partial charge in [-0.2, -0.15) is 0 Å². The normalized spacial score (nSPS) is 12.8. The number of thiazole rings is 1. The number of rotatable bonds is 6. The Morgan fingerprint density at radius 2 is 2.28 bits per heavy atom.